The summed E-state index contributed by atoms with van der Waals surface area (Å²) in [6, 6.07) is 4.25. The van der Waals surface area contributed by atoms with Crippen molar-refractivity contribution in [2.75, 3.05) is 30.0 Å². The number of hydrogen-bond acceptors (Lipinski definition) is 8. The number of ether oxygens (including phenoxy) is 1. The number of hydrogen-bond donors (Lipinski definition) is 1. The van der Waals surface area contributed by atoms with Crippen LogP contribution < -0.4 is 9.80 Å². The minimum Gasteiger partial charge on any atom is -0.385 e. The first-order valence-electron chi connectivity index (χ1n) is 9.26. The molecule has 2 aromatic heterocycles. The highest BCUT2D eigenvalue weighted by Gasteiger charge is 2.32. The highest BCUT2D eigenvalue weighted by molar-refractivity contribution is 5.45. The average Bonchev–Trinajstić information content (AvgIpc) is 2.61. The van der Waals surface area contributed by atoms with Crippen LogP contribution in [0.2, 0.25) is 0 Å². The van der Waals surface area contributed by atoms with Gasteiger partial charge in [-0.2, -0.15) is 0 Å². The molecule has 8 nitrogen and oxygen atoms in total. The third-order valence-corrected chi connectivity index (χ3v) is 4.69. The van der Waals surface area contributed by atoms with Gasteiger partial charge in [-0.05, 0) is 39.8 Å². The Bertz CT molecular complexity index is 773. The molecule has 0 saturated carbocycles. The second-order valence-electron chi connectivity index (χ2n) is 7.19. The van der Waals surface area contributed by atoms with E-state index in [1.54, 1.807) is 20.2 Å². The smallest absolute Gasteiger partial charge is 0.226 e. The van der Waals surface area contributed by atoms with Gasteiger partial charge in [0.2, 0.25) is 5.95 Å². The largest absolute Gasteiger partial charge is 0.385 e. The molecule has 0 bridgehead atoms. The van der Waals surface area contributed by atoms with Crippen LogP contribution in [0, 0.1) is 6.92 Å². The molecule has 27 heavy (non-hydrogen) atoms. The number of aryl methyl sites for hydroxylation is 1. The molecule has 0 aliphatic carbocycles. The van der Waals surface area contributed by atoms with Crippen LogP contribution in [-0.2, 0) is 11.3 Å². The summed E-state index contributed by atoms with van der Waals surface area (Å²) in [5.41, 5.74) is 1.82. The van der Waals surface area contributed by atoms with Gasteiger partial charge in [-0.1, -0.05) is 0 Å². The molecule has 8 heteroatoms. The molecule has 1 saturated heterocycles. The number of aliphatic hydroxyl groups excluding tert-OH is 1. The predicted molar refractivity (Wildman–Crippen MR) is 104 cm³/mol. The van der Waals surface area contributed by atoms with E-state index in [9.17, 15) is 5.11 Å². The highest BCUT2D eigenvalue weighted by atomic mass is 16.5. The first-order valence-corrected chi connectivity index (χ1v) is 9.26. The molecule has 1 aliphatic rings. The third kappa shape index (κ3) is 4.33. The Labute approximate surface area is 160 Å². The lowest BCUT2D eigenvalue weighted by Gasteiger charge is -2.45. The number of nitrogens with zero attached hydrogens (tertiary/aromatic N) is 6. The molecule has 0 radical (unpaired) electrons. The average molecular weight is 372 g/mol. The Hall–Kier alpha value is -2.32. The van der Waals surface area contributed by atoms with Crippen molar-refractivity contribution in [2.24, 2.45) is 0 Å². The van der Waals surface area contributed by atoms with E-state index in [0.717, 1.165) is 36.2 Å². The normalized spacial score (nSPS) is 21.4. The van der Waals surface area contributed by atoms with Gasteiger partial charge in [0.1, 0.15) is 11.9 Å². The van der Waals surface area contributed by atoms with E-state index in [0.29, 0.717) is 12.4 Å². The number of anilines is 2. The van der Waals surface area contributed by atoms with Crippen LogP contribution in [0.25, 0.3) is 0 Å². The maximum atomic E-state index is 9.76. The maximum Gasteiger partial charge on any atom is 0.226 e. The van der Waals surface area contributed by atoms with E-state index in [1.165, 1.54) is 0 Å². The lowest BCUT2D eigenvalue weighted by molar-refractivity contribution is 0.181. The maximum absolute atomic E-state index is 9.76. The van der Waals surface area contributed by atoms with Gasteiger partial charge in [-0.3, -0.25) is 0 Å². The lowest BCUT2D eigenvalue weighted by atomic mass is 10.1. The first kappa shape index (κ1) is 19.4. The van der Waals surface area contributed by atoms with Gasteiger partial charge in [-0.25, -0.2) is 19.9 Å². The van der Waals surface area contributed by atoms with Crippen molar-refractivity contribution in [3.05, 3.63) is 35.5 Å². The predicted octanol–water partition coefficient (Wildman–Crippen LogP) is 1.88. The fraction of sp³-hybridized carbons (Fsp3) is 0.579. The summed E-state index contributed by atoms with van der Waals surface area (Å²) in [4.78, 5) is 22.5. The molecule has 146 valence electrons. The van der Waals surface area contributed by atoms with Crippen LogP contribution in [0.4, 0.5) is 11.8 Å². The minimum absolute atomic E-state index is 0.205. The van der Waals surface area contributed by atoms with Crippen molar-refractivity contribution >= 4 is 11.8 Å². The van der Waals surface area contributed by atoms with Gasteiger partial charge < -0.3 is 19.6 Å². The standard InChI is InChI=1S/C19H28N6O2/c1-12-8-16(11-27-5)22-19(21-12)25-13(2)9-24(10-14(25)3)17-6-7-20-18(23-17)15(4)26/h6-8,13-15,26H,9-11H2,1-5H3/t13-,14+,15-/m0/s1. The van der Waals surface area contributed by atoms with Crippen molar-refractivity contribution in [1.29, 1.82) is 0 Å². The molecule has 3 atom stereocenters. The summed E-state index contributed by atoms with van der Waals surface area (Å²) in [6.07, 6.45) is 1.02. The zero-order chi connectivity index (χ0) is 19.6. The van der Waals surface area contributed by atoms with E-state index in [-0.39, 0.29) is 12.1 Å². The summed E-state index contributed by atoms with van der Waals surface area (Å²) in [6.45, 7) is 10.0. The summed E-state index contributed by atoms with van der Waals surface area (Å²) < 4.78 is 5.23. The van der Waals surface area contributed by atoms with Crippen LogP contribution in [0.1, 0.15) is 44.1 Å². The monoisotopic (exact) mass is 372 g/mol. The number of aromatic nitrogens is 4. The molecule has 1 N–H and O–H groups in total. The molecule has 3 rings (SSSR count). The summed E-state index contributed by atoms with van der Waals surface area (Å²) in [5.74, 6) is 2.03. The lowest BCUT2D eigenvalue weighted by Crippen LogP contribution is -2.58. The molecule has 1 fully saturated rings. The molecule has 0 aromatic carbocycles. The fourth-order valence-corrected chi connectivity index (χ4v) is 3.60. The van der Waals surface area contributed by atoms with Crippen molar-refractivity contribution < 1.29 is 9.84 Å². The summed E-state index contributed by atoms with van der Waals surface area (Å²) in [5, 5.41) is 9.76. The number of methoxy groups -OCH3 is 1. The summed E-state index contributed by atoms with van der Waals surface area (Å²) >= 11 is 0. The highest BCUT2D eigenvalue weighted by Crippen LogP contribution is 2.25. The second kappa shape index (κ2) is 8.14. The molecule has 1 aliphatic heterocycles. The fourth-order valence-electron chi connectivity index (χ4n) is 3.60. The molecule has 2 aromatic rings. The van der Waals surface area contributed by atoms with Gasteiger partial charge in [0.25, 0.3) is 0 Å². The Morgan fingerprint density at radius 3 is 2.56 bits per heavy atom. The molecule has 0 amide bonds. The van der Waals surface area contributed by atoms with E-state index in [4.69, 9.17) is 9.72 Å². The van der Waals surface area contributed by atoms with E-state index in [1.807, 2.05) is 19.1 Å². The third-order valence-electron chi connectivity index (χ3n) is 4.69. The Balaban J connectivity index is 1.82. The van der Waals surface area contributed by atoms with E-state index >= 15 is 0 Å². The Morgan fingerprint density at radius 2 is 1.93 bits per heavy atom. The zero-order valence-electron chi connectivity index (χ0n) is 16.6. The Morgan fingerprint density at radius 1 is 1.22 bits per heavy atom. The number of aliphatic hydroxyl groups is 1. The molecule has 0 unspecified atom stereocenters. The quantitative estimate of drug-likeness (QED) is 0.851. The topological polar surface area (TPSA) is 87.5 Å². The van der Waals surface area contributed by atoms with Crippen molar-refractivity contribution in [3.8, 4) is 0 Å². The zero-order valence-corrected chi connectivity index (χ0v) is 16.6. The molecule has 0 spiro atoms. The molecule has 3 heterocycles. The van der Waals surface area contributed by atoms with E-state index < -0.39 is 6.10 Å². The van der Waals surface area contributed by atoms with Crippen molar-refractivity contribution in [1.82, 2.24) is 19.9 Å². The second-order valence-corrected chi connectivity index (χ2v) is 7.19. The van der Waals surface area contributed by atoms with Crippen molar-refractivity contribution in [3.63, 3.8) is 0 Å². The van der Waals surface area contributed by atoms with Crippen LogP contribution >= 0.6 is 0 Å². The van der Waals surface area contributed by atoms with Crippen LogP contribution in [0.3, 0.4) is 0 Å². The van der Waals surface area contributed by atoms with Gasteiger partial charge >= 0.3 is 0 Å². The molecular weight excluding hydrogens is 344 g/mol. The van der Waals surface area contributed by atoms with Gasteiger partial charge in [0.15, 0.2) is 5.82 Å². The van der Waals surface area contributed by atoms with Crippen LogP contribution in [-0.4, -0.2) is 57.3 Å². The SMILES string of the molecule is COCc1cc(C)nc(N2[C@H](C)CN(c3ccnc([C@H](C)O)n3)C[C@@H]2C)n1. The Kier molecular flexibility index (Phi) is 5.86. The van der Waals surface area contributed by atoms with Crippen LogP contribution in [0.5, 0.6) is 0 Å². The summed E-state index contributed by atoms with van der Waals surface area (Å²) in [7, 11) is 1.67. The van der Waals surface area contributed by atoms with Gasteiger partial charge in [-0.15, -0.1) is 0 Å². The van der Waals surface area contributed by atoms with Crippen molar-refractivity contribution in [2.45, 2.75) is 52.5 Å². The molecular formula is C19H28N6O2. The van der Waals surface area contributed by atoms with Crippen LogP contribution in [0.15, 0.2) is 18.3 Å². The number of rotatable bonds is 5. The van der Waals surface area contributed by atoms with Gasteiger partial charge in [0.05, 0.1) is 12.3 Å². The van der Waals surface area contributed by atoms with Gasteiger partial charge in [0, 0.05) is 44.2 Å². The minimum atomic E-state index is -0.680. The van der Waals surface area contributed by atoms with E-state index in [2.05, 4.69) is 38.6 Å². The number of piperazine rings is 1. The first-order chi connectivity index (χ1) is 12.9.